The minimum atomic E-state index is -0.0522. The summed E-state index contributed by atoms with van der Waals surface area (Å²) in [7, 11) is 1.79. The van der Waals surface area contributed by atoms with E-state index >= 15 is 0 Å². The van der Waals surface area contributed by atoms with Gasteiger partial charge in [-0.15, -0.1) is 11.6 Å². The van der Waals surface area contributed by atoms with E-state index in [9.17, 15) is 4.79 Å². The quantitative estimate of drug-likeness (QED) is 0.817. The Kier molecular flexibility index (Phi) is 4.12. The Morgan fingerprint density at radius 3 is 3.00 bits per heavy atom. The lowest BCUT2D eigenvalue weighted by molar-refractivity contribution is 0.218. The Hall–Kier alpha value is -1.22. The summed E-state index contributed by atoms with van der Waals surface area (Å²) < 4.78 is 0. The van der Waals surface area contributed by atoms with Gasteiger partial charge in [-0.05, 0) is 23.6 Å². The Bertz CT molecular complexity index is 447. The second-order valence-electron chi connectivity index (χ2n) is 4.81. The third-order valence-corrected chi connectivity index (χ3v) is 3.77. The maximum absolute atomic E-state index is 11.5. The molecule has 1 aliphatic heterocycles. The molecule has 1 aromatic carbocycles. The van der Waals surface area contributed by atoms with Gasteiger partial charge in [0.25, 0.3) is 0 Å². The molecule has 3 nitrogen and oxygen atoms in total. The molecule has 0 bridgehead atoms. The van der Waals surface area contributed by atoms with Gasteiger partial charge in [-0.25, -0.2) is 4.79 Å². The molecule has 1 atom stereocenters. The average molecular weight is 267 g/mol. The molecule has 98 valence electrons. The first-order valence-electron chi connectivity index (χ1n) is 6.41. The number of urea groups is 1. The number of nitrogens with zero attached hydrogens (tertiary/aromatic N) is 1. The van der Waals surface area contributed by atoms with E-state index in [0.29, 0.717) is 6.54 Å². The zero-order valence-corrected chi connectivity index (χ0v) is 11.6. The van der Waals surface area contributed by atoms with Crippen molar-refractivity contribution in [1.29, 1.82) is 0 Å². The van der Waals surface area contributed by atoms with Crippen molar-refractivity contribution in [2.24, 2.45) is 0 Å². The van der Waals surface area contributed by atoms with Crippen molar-refractivity contribution < 1.29 is 4.79 Å². The molecule has 1 unspecified atom stereocenters. The number of benzene rings is 1. The van der Waals surface area contributed by atoms with Gasteiger partial charge in [0, 0.05) is 19.3 Å². The minimum absolute atomic E-state index is 0.0522. The van der Waals surface area contributed by atoms with Crippen LogP contribution in [0.4, 0.5) is 10.5 Å². The molecule has 0 spiro atoms. The van der Waals surface area contributed by atoms with E-state index in [-0.39, 0.29) is 11.4 Å². The second kappa shape index (κ2) is 5.61. The molecule has 0 saturated carbocycles. The van der Waals surface area contributed by atoms with E-state index in [2.05, 4.69) is 18.3 Å². The predicted octanol–water partition coefficient (Wildman–Crippen LogP) is 4.13. The van der Waals surface area contributed by atoms with Gasteiger partial charge in [-0.3, -0.25) is 0 Å². The monoisotopic (exact) mass is 266 g/mol. The number of halogens is 1. The summed E-state index contributed by atoms with van der Waals surface area (Å²) in [6.45, 7) is 2.81. The summed E-state index contributed by atoms with van der Waals surface area (Å²) in [5.41, 5.74) is 3.19. The number of hydrogen-bond acceptors (Lipinski definition) is 1. The van der Waals surface area contributed by atoms with Gasteiger partial charge in [0.1, 0.15) is 0 Å². The number of nitrogens with one attached hydrogen (secondary N) is 1. The first-order chi connectivity index (χ1) is 8.61. The van der Waals surface area contributed by atoms with E-state index < -0.39 is 0 Å². The van der Waals surface area contributed by atoms with Crippen LogP contribution in [0.5, 0.6) is 0 Å². The number of anilines is 1. The fourth-order valence-electron chi connectivity index (χ4n) is 2.15. The molecule has 0 radical (unpaired) electrons. The number of carbonyl (C=O) groups is 1. The number of rotatable bonds is 4. The Balaban J connectivity index is 2.17. The third kappa shape index (κ3) is 2.78. The molecule has 1 aromatic rings. The smallest absolute Gasteiger partial charge is 0.321 e. The third-order valence-electron chi connectivity index (χ3n) is 3.30. The van der Waals surface area contributed by atoms with Crippen LogP contribution in [0.3, 0.4) is 0 Å². The number of fused-ring (bicyclic) bond motifs is 1. The molecular weight excluding hydrogens is 248 g/mol. The summed E-state index contributed by atoms with van der Waals surface area (Å²) in [5.74, 6) is 0. The summed E-state index contributed by atoms with van der Waals surface area (Å²) in [6.07, 6.45) is 3.30. The Labute approximate surface area is 113 Å². The van der Waals surface area contributed by atoms with Crippen molar-refractivity contribution in [3.8, 4) is 0 Å². The number of carbonyl (C=O) groups excluding carboxylic acids is 1. The van der Waals surface area contributed by atoms with E-state index in [0.717, 1.165) is 36.1 Å². The van der Waals surface area contributed by atoms with Crippen molar-refractivity contribution in [2.45, 2.75) is 38.1 Å². The highest BCUT2D eigenvalue weighted by Crippen LogP contribution is 2.31. The zero-order chi connectivity index (χ0) is 13.1. The van der Waals surface area contributed by atoms with Crippen molar-refractivity contribution in [1.82, 2.24) is 4.90 Å². The van der Waals surface area contributed by atoms with Crippen LogP contribution in [0.1, 0.15) is 42.7 Å². The van der Waals surface area contributed by atoms with Crippen LogP contribution in [-0.4, -0.2) is 18.0 Å². The van der Waals surface area contributed by atoms with E-state index in [1.54, 1.807) is 11.9 Å². The predicted molar refractivity (Wildman–Crippen MR) is 75.0 cm³/mol. The summed E-state index contributed by atoms with van der Waals surface area (Å²) in [6, 6.07) is 6.02. The highest BCUT2D eigenvalue weighted by molar-refractivity contribution is 6.20. The lowest BCUT2D eigenvalue weighted by Gasteiger charge is -2.26. The molecule has 2 amide bonds. The van der Waals surface area contributed by atoms with Gasteiger partial charge in [0.05, 0.1) is 5.38 Å². The average Bonchev–Trinajstić information content (AvgIpc) is 2.36. The molecular formula is C14H19ClN2O. The first kappa shape index (κ1) is 13.2. The molecule has 18 heavy (non-hydrogen) atoms. The largest absolute Gasteiger partial charge is 0.323 e. The molecule has 1 heterocycles. The van der Waals surface area contributed by atoms with Gasteiger partial charge in [-0.2, -0.15) is 0 Å². The van der Waals surface area contributed by atoms with Crippen LogP contribution < -0.4 is 5.32 Å². The maximum atomic E-state index is 11.5. The number of amides is 2. The van der Waals surface area contributed by atoms with Crippen molar-refractivity contribution in [3.05, 3.63) is 29.3 Å². The summed E-state index contributed by atoms with van der Waals surface area (Å²) in [4.78, 5) is 13.2. The second-order valence-corrected chi connectivity index (χ2v) is 5.34. The molecule has 1 N–H and O–H groups in total. The molecule has 4 heteroatoms. The summed E-state index contributed by atoms with van der Waals surface area (Å²) >= 11 is 6.39. The molecule has 0 fully saturated rings. The Morgan fingerprint density at radius 1 is 1.50 bits per heavy atom. The molecule has 2 rings (SSSR count). The standard InChI is InChI=1S/C14H19ClN2O/c1-3-4-5-12(15)10-6-7-13-11(8-10)9-17(2)14(18)16-13/h6-8,12H,3-5,9H2,1-2H3,(H,16,18). The van der Waals surface area contributed by atoms with Crippen LogP contribution in [-0.2, 0) is 6.54 Å². The van der Waals surface area contributed by atoms with Gasteiger partial charge in [-0.1, -0.05) is 31.9 Å². The number of alkyl halides is 1. The number of unbranched alkanes of at least 4 members (excludes halogenated alkanes) is 1. The lowest BCUT2D eigenvalue weighted by atomic mass is 10.0. The lowest BCUT2D eigenvalue weighted by Crippen LogP contribution is -2.35. The van der Waals surface area contributed by atoms with E-state index in [1.807, 2.05) is 12.1 Å². The molecule has 1 aliphatic rings. The van der Waals surface area contributed by atoms with Crippen molar-refractivity contribution in [3.63, 3.8) is 0 Å². The maximum Gasteiger partial charge on any atom is 0.321 e. The van der Waals surface area contributed by atoms with Crippen molar-refractivity contribution in [2.75, 3.05) is 12.4 Å². The SMILES string of the molecule is CCCCC(Cl)c1ccc2c(c1)CN(C)C(=O)N2. The highest BCUT2D eigenvalue weighted by atomic mass is 35.5. The van der Waals surface area contributed by atoms with Crippen LogP contribution >= 0.6 is 11.6 Å². The van der Waals surface area contributed by atoms with Gasteiger partial charge in [0.2, 0.25) is 0 Å². The fourth-order valence-corrected chi connectivity index (χ4v) is 2.44. The normalized spacial score (nSPS) is 16.2. The first-order valence-corrected chi connectivity index (χ1v) is 6.84. The minimum Gasteiger partial charge on any atom is -0.323 e. The zero-order valence-electron chi connectivity index (χ0n) is 10.9. The van der Waals surface area contributed by atoms with E-state index in [1.165, 1.54) is 0 Å². The molecule has 0 saturated heterocycles. The van der Waals surface area contributed by atoms with Gasteiger partial charge < -0.3 is 10.2 Å². The van der Waals surface area contributed by atoms with Gasteiger partial charge in [0.15, 0.2) is 0 Å². The van der Waals surface area contributed by atoms with Crippen molar-refractivity contribution >= 4 is 23.3 Å². The van der Waals surface area contributed by atoms with E-state index in [4.69, 9.17) is 11.6 Å². The van der Waals surface area contributed by atoms with Crippen LogP contribution in [0.25, 0.3) is 0 Å². The number of hydrogen-bond donors (Lipinski definition) is 1. The van der Waals surface area contributed by atoms with Crippen LogP contribution in [0, 0.1) is 0 Å². The topological polar surface area (TPSA) is 32.3 Å². The Morgan fingerprint density at radius 2 is 2.28 bits per heavy atom. The van der Waals surface area contributed by atoms with Crippen LogP contribution in [0.15, 0.2) is 18.2 Å². The fraction of sp³-hybridized carbons (Fsp3) is 0.500. The van der Waals surface area contributed by atoms with Crippen LogP contribution in [0.2, 0.25) is 0 Å². The highest BCUT2D eigenvalue weighted by Gasteiger charge is 2.20. The van der Waals surface area contributed by atoms with Gasteiger partial charge >= 0.3 is 6.03 Å². The summed E-state index contributed by atoms with van der Waals surface area (Å²) in [5, 5.41) is 2.93. The molecule has 0 aliphatic carbocycles. The molecule has 0 aromatic heterocycles.